The molecule has 0 radical (unpaired) electrons. The number of hydrogen-bond donors (Lipinski definition) is 0. The van der Waals surface area contributed by atoms with Gasteiger partial charge in [-0.1, -0.05) is 32.9 Å². The van der Waals surface area contributed by atoms with Crippen LogP contribution >= 0.6 is 0 Å². The van der Waals surface area contributed by atoms with Crippen LogP contribution in [0, 0.1) is 17.3 Å². The molecule has 0 bridgehead atoms. The van der Waals surface area contributed by atoms with E-state index in [1.807, 2.05) is 6.08 Å². The van der Waals surface area contributed by atoms with Crippen LogP contribution in [0.2, 0.25) is 0 Å². The van der Waals surface area contributed by atoms with Gasteiger partial charge in [-0.15, -0.1) is 0 Å². The van der Waals surface area contributed by atoms with Crippen molar-refractivity contribution in [2.75, 3.05) is 19.8 Å². The van der Waals surface area contributed by atoms with Crippen molar-refractivity contribution >= 4 is 6.29 Å². The van der Waals surface area contributed by atoms with E-state index in [0.717, 1.165) is 51.2 Å². The fourth-order valence-corrected chi connectivity index (χ4v) is 5.05. The fourth-order valence-electron chi connectivity index (χ4n) is 5.05. The Morgan fingerprint density at radius 1 is 1.16 bits per heavy atom. The molecule has 2 heterocycles. The normalized spacial score (nSPS) is 30.8. The van der Waals surface area contributed by atoms with Gasteiger partial charge >= 0.3 is 0 Å². The Morgan fingerprint density at radius 2 is 1.94 bits per heavy atom. The number of carbonyl (C=O) groups excluding carboxylic acids is 1. The number of rotatable bonds is 10. The zero-order valence-electron chi connectivity index (χ0n) is 19.5. The molecule has 0 aromatic carbocycles. The molecule has 1 spiro atoms. The van der Waals surface area contributed by atoms with Crippen LogP contribution in [0.25, 0.3) is 0 Å². The van der Waals surface area contributed by atoms with Crippen LogP contribution in [-0.2, 0) is 23.7 Å². The zero-order valence-corrected chi connectivity index (χ0v) is 19.5. The van der Waals surface area contributed by atoms with Crippen molar-refractivity contribution in [1.82, 2.24) is 0 Å². The average molecular weight is 441 g/mol. The number of carbonyl (C=O) groups is 1. The Bertz CT molecular complexity index is 575. The largest absolute Gasteiger partial charge is 0.353 e. The molecule has 3 rings (SSSR count). The molecule has 31 heavy (non-hydrogen) atoms. The second kappa shape index (κ2) is 11.4. The van der Waals surface area contributed by atoms with Gasteiger partial charge in [-0.3, -0.25) is 0 Å². The topological polar surface area (TPSA) is 54.0 Å². The summed E-state index contributed by atoms with van der Waals surface area (Å²) in [4.78, 5) is 11.0. The van der Waals surface area contributed by atoms with Crippen molar-refractivity contribution < 1.29 is 28.1 Å². The molecular weight excluding hydrogens is 399 g/mol. The van der Waals surface area contributed by atoms with Gasteiger partial charge in [0.1, 0.15) is 18.6 Å². The van der Waals surface area contributed by atoms with E-state index in [-0.39, 0.29) is 23.5 Å². The second-order valence-electron chi connectivity index (χ2n) is 10.5. The van der Waals surface area contributed by atoms with Gasteiger partial charge in [0, 0.05) is 25.4 Å². The summed E-state index contributed by atoms with van der Waals surface area (Å²) in [5.74, 6) is -0.288. The maximum Gasteiger partial charge on any atom is 0.171 e. The molecule has 0 aromatic heterocycles. The van der Waals surface area contributed by atoms with Crippen molar-refractivity contribution in [3.05, 3.63) is 12.2 Å². The second-order valence-corrected chi connectivity index (χ2v) is 10.5. The highest BCUT2D eigenvalue weighted by Gasteiger charge is 2.51. The Labute approximate surface area is 187 Å². The highest BCUT2D eigenvalue weighted by atomic mass is 19.1. The summed E-state index contributed by atoms with van der Waals surface area (Å²) in [5.41, 5.74) is 0.0782. The Hall–Kier alpha value is -0.820. The molecule has 5 atom stereocenters. The fraction of sp³-hybridized carbons (Fsp3) is 0.880. The molecular formula is C25H41FO5. The summed E-state index contributed by atoms with van der Waals surface area (Å²) < 4.78 is 39.1. The molecule has 0 aromatic rings. The number of aldehydes is 1. The van der Waals surface area contributed by atoms with Crippen molar-refractivity contribution in [1.29, 1.82) is 0 Å². The van der Waals surface area contributed by atoms with E-state index < -0.39 is 18.1 Å². The van der Waals surface area contributed by atoms with Crippen molar-refractivity contribution in [3.8, 4) is 0 Å². The zero-order chi connectivity index (χ0) is 22.3. The third kappa shape index (κ3) is 7.08. The maximum atomic E-state index is 15.3. The van der Waals surface area contributed by atoms with Crippen LogP contribution < -0.4 is 0 Å². The third-order valence-corrected chi connectivity index (χ3v) is 6.80. The van der Waals surface area contributed by atoms with Gasteiger partial charge in [-0.25, -0.2) is 4.39 Å². The van der Waals surface area contributed by atoms with E-state index >= 15 is 4.39 Å². The molecule has 0 amide bonds. The number of hydrogen-bond acceptors (Lipinski definition) is 5. The minimum Gasteiger partial charge on any atom is -0.353 e. The molecule has 5 unspecified atom stereocenters. The number of alkyl halides is 1. The Kier molecular flexibility index (Phi) is 9.09. The predicted octanol–water partition coefficient (Wildman–Crippen LogP) is 5.37. The minimum atomic E-state index is -1.08. The first-order valence-corrected chi connectivity index (χ1v) is 12.1. The first kappa shape index (κ1) is 24.8. The van der Waals surface area contributed by atoms with Crippen LogP contribution in [0.15, 0.2) is 12.2 Å². The van der Waals surface area contributed by atoms with Crippen LogP contribution in [0.1, 0.15) is 78.6 Å². The minimum absolute atomic E-state index is 0.0782. The lowest BCUT2D eigenvalue weighted by atomic mass is 9.87. The van der Waals surface area contributed by atoms with Crippen molar-refractivity contribution in [2.45, 2.75) is 103 Å². The first-order chi connectivity index (χ1) is 14.8. The first-order valence-electron chi connectivity index (χ1n) is 12.1. The van der Waals surface area contributed by atoms with E-state index in [9.17, 15) is 4.79 Å². The van der Waals surface area contributed by atoms with Gasteiger partial charge in [0.05, 0.1) is 13.2 Å². The van der Waals surface area contributed by atoms with Gasteiger partial charge < -0.3 is 23.7 Å². The van der Waals surface area contributed by atoms with Gasteiger partial charge in [0.15, 0.2) is 12.1 Å². The molecule has 2 saturated heterocycles. The highest BCUT2D eigenvalue weighted by molar-refractivity contribution is 5.49. The van der Waals surface area contributed by atoms with Crippen LogP contribution in [-0.4, -0.2) is 50.5 Å². The molecule has 5 nitrogen and oxygen atoms in total. The molecule has 1 saturated carbocycles. The lowest BCUT2D eigenvalue weighted by molar-refractivity contribution is -0.190. The SMILES string of the molecule is CC(C)(C)CCC(F)C(/C=C/C1CCC2(OCCO2)C1CCC=O)OC1CCCCO1. The number of halogens is 1. The smallest absolute Gasteiger partial charge is 0.171 e. The van der Waals surface area contributed by atoms with E-state index in [4.69, 9.17) is 18.9 Å². The monoisotopic (exact) mass is 440 g/mol. The third-order valence-electron chi connectivity index (χ3n) is 6.80. The van der Waals surface area contributed by atoms with Crippen LogP contribution in [0.5, 0.6) is 0 Å². The summed E-state index contributed by atoms with van der Waals surface area (Å²) >= 11 is 0. The maximum absolute atomic E-state index is 15.3. The van der Waals surface area contributed by atoms with Crippen molar-refractivity contribution in [3.63, 3.8) is 0 Å². The van der Waals surface area contributed by atoms with Crippen LogP contribution in [0.3, 0.4) is 0 Å². The Balaban J connectivity index is 1.69. The van der Waals surface area contributed by atoms with Crippen LogP contribution in [0.4, 0.5) is 4.39 Å². The molecule has 3 aliphatic rings. The predicted molar refractivity (Wildman–Crippen MR) is 117 cm³/mol. The van der Waals surface area contributed by atoms with Gasteiger partial charge in [0.2, 0.25) is 0 Å². The van der Waals surface area contributed by atoms with E-state index in [1.54, 1.807) is 0 Å². The van der Waals surface area contributed by atoms with E-state index in [0.29, 0.717) is 32.7 Å². The van der Waals surface area contributed by atoms with Gasteiger partial charge in [-0.2, -0.15) is 0 Å². The molecule has 6 heteroatoms. The lowest BCUT2D eigenvalue weighted by Gasteiger charge is -2.32. The Morgan fingerprint density at radius 3 is 2.58 bits per heavy atom. The van der Waals surface area contributed by atoms with E-state index in [1.165, 1.54) is 0 Å². The summed E-state index contributed by atoms with van der Waals surface area (Å²) in [6.07, 6.45) is 9.98. The van der Waals surface area contributed by atoms with Gasteiger partial charge in [0.25, 0.3) is 0 Å². The summed E-state index contributed by atoms with van der Waals surface area (Å²) in [5, 5.41) is 0. The van der Waals surface area contributed by atoms with E-state index in [2.05, 4.69) is 26.8 Å². The molecule has 2 aliphatic heterocycles. The standard InChI is InChI=1S/C25H41FO5/c1-24(2,3)13-12-21(26)22(31-23-8-4-5-16-28-23)10-9-19-11-14-25(29-17-18-30-25)20(19)7-6-15-27/h9-10,15,19-23H,4-8,11-14,16-18H2,1-3H3/b10-9+. The molecule has 1 aliphatic carbocycles. The summed E-state index contributed by atoms with van der Waals surface area (Å²) in [7, 11) is 0. The van der Waals surface area contributed by atoms with Gasteiger partial charge in [-0.05, 0) is 56.3 Å². The molecule has 3 fully saturated rings. The molecule has 178 valence electrons. The quantitative estimate of drug-likeness (QED) is 0.338. The highest BCUT2D eigenvalue weighted by Crippen LogP contribution is 2.48. The van der Waals surface area contributed by atoms with Crippen molar-refractivity contribution in [2.24, 2.45) is 17.3 Å². The summed E-state index contributed by atoms with van der Waals surface area (Å²) in [6, 6.07) is 0. The summed E-state index contributed by atoms with van der Waals surface area (Å²) in [6.45, 7) is 8.26. The number of ether oxygens (including phenoxy) is 4. The average Bonchev–Trinajstić information content (AvgIpc) is 3.35. The number of allylic oxidation sites excluding steroid dienone is 1. The molecule has 0 N–H and O–H groups in total. The lowest BCUT2D eigenvalue weighted by Crippen LogP contribution is -2.36.